The molecule has 0 unspecified atom stereocenters. The van der Waals surface area contributed by atoms with E-state index < -0.39 is 6.61 Å². The highest BCUT2D eigenvalue weighted by Crippen LogP contribution is 2.27. The largest absolute Gasteiger partial charge is 0.435 e. The first-order chi connectivity index (χ1) is 10.1. The Morgan fingerprint density at radius 2 is 2.05 bits per heavy atom. The highest BCUT2D eigenvalue weighted by atomic mass is 19.3. The molecule has 1 N–H and O–H groups in total. The van der Waals surface area contributed by atoms with Crippen molar-refractivity contribution >= 4 is 5.91 Å². The molecule has 1 aliphatic carbocycles. The second-order valence-corrected chi connectivity index (χ2v) is 5.17. The maximum atomic E-state index is 12.0. The van der Waals surface area contributed by atoms with Gasteiger partial charge in [0.1, 0.15) is 5.75 Å². The van der Waals surface area contributed by atoms with E-state index in [-0.39, 0.29) is 24.1 Å². The first-order valence-electron chi connectivity index (χ1n) is 6.90. The van der Waals surface area contributed by atoms with Crippen molar-refractivity contribution in [3.63, 3.8) is 0 Å². The number of nitrogens with one attached hydrogen (secondary N) is 1. The van der Waals surface area contributed by atoms with Gasteiger partial charge < -0.3 is 14.8 Å². The Hall–Kier alpha value is -1.69. The van der Waals surface area contributed by atoms with E-state index in [4.69, 9.17) is 4.74 Å². The molecule has 116 valence electrons. The highest BCUT2D eigenvalue weighted by Gasteiger charge is 2.31. The molecule has 1 aromatic carbocycles. The van der Waals surface area contributed by atoms with Crippen LogP contribution in [0.5, 0.6) is 5.75 Å². The predicted molar refractivity (Wildman–Crippen MR) is 73.3 cm³/mol. The van der Waals surface area contributed by atoms with Gasteiger partial charge >= 0.3 is 6.61 Å². The molecule has 21 heavy (non-hydrogen) atoms. The Morgan fingerprint density at radius 1 is 1.33 bits per heavy atom. The third-order valence-electron chi connectivity index (χ3n) is 3.66. The van der Waals surface area contributed by atoms with Crippen molar-refractivity contribution in [1.82, 2.24) is 5.32 Å². The van der Waals surface area contributed by atoms with Crippen LogP contribution < -0.4 is 10.1 Å². The van der Waals surface area contributed by atoms with E-state index in [1.807, 2.05) is 0 Å². The number of halogens is 2. The number of benzene rings is 1. The van der Waals surface area contributed by atoms with E-state index in [0.717, 1.165) is 18.4 Å². The summed E-state index contributed by atoms with van der Waals surface area (Å²) >= 11 is 0. The van der Waals surface area contributed by atoms with E-state index in [0.29, 0.717) is 12.5 Å². The summed E-state index contributed by atoms with van der Waals surface area (Å²) in [5.41, 5.74) is 0.761. The molecule has 1 aromatic rings. The average molecular weight is 299 g/mol. The van der Waals surface area contributed by atoms with Crippen LogP contribution in [0.3, 0.4) is 0 Å². The molecule has 0 spiro atoms. The maximum Gasteiger partial charge on any atom is 0.387 e. The molecule has 0 saturated heterocycles. The average Bonchev–Trinajstić information content (AvgIpc) is 2.43. The number of alkyl halides is 2. The first kappa shape index (κ1) is 15.7. The van der Waals surface area contributed by atoms with Crippen LogP contribution in [0.1, 0.15) is 18.4 Å². The zero-order valence-corrected chi connectivity index (χ0v) is 11.9. The third kappa shape index (κ3) is 4.67. The monoisotopic (exact) mass is 299 g/mol. The van der Waals surface area contributed by atoms with E-state index >= 15 is 0 Å². The van der Waals surface area contributed by atoms with Crippen molar-refractivity contribution < 1.29 is 23.0 Å². The van der Waals surface area contributed by atoms with E-state index in [9.17, 15) is 13.6 Å². The zero-order chi connectivity index (χ0) is 15.2. The van der Waals surface area contributed by atoms with Crippen LogP contribution >= 0.6 is 0 Å². The zero-order valence-electron chi connectivity index (χ0n) is 11.9. The standard InChI is InChI=1S/C15H19F2NO3/c1-20-9-11-4-7-13(11)18-14(19)8-10-2-5-12(6-3-10)21-15(16)17/h2-3,5-6,11,13,15H,4,7-9H2,1H3,(H,18,19)/t11-,13-/m1/s1. The molecule has 0 aromatic heterocycles. The Labute approximate surface area is 122 Å². The van der Waals surface area contributed by atoms with E-state index in [2.05, 4.69) is 10.1 Å². The van der Waals surface area contributed by atoms with Gasteiger partial charge in [-0.3, -0.25) is 4.79 Å². The molecular weight excluding hydrogens is 280 g/mol. The van der Waals surface area contributed by atoms with Crippen molar-refractivity contribution in [1.29, 1.82) is 0 Å². The van der Waals surface area contributed by atoms with Gasteiger partial charge in [-0.2, -0.15) is 8.78 Å². The molecule has 0 radical (unpaired) electrons. The summed E-state index contributed by atoms with van der Waals surface area (Å²) in [5, 5.41) is 2.98. The number of carbonyl (C=O) groups is 1. The molecule has 1 saturated carbocycles. The lowest BCUT2D eigenvalue weighted by atomic mass is 9.80. The molecule has 1 aliphatic rings. The van der Waals surface area contributed by atoms with Crippen molar-refractivity contribution in [2.24, 2.45) is 5.92 Å². The van der Waals surface area contributed by atoms with Crippen LogP contribution in [0, 0.1) is 5.92 Å². The van der Waals surface area contributed by atoms with Gasteiger partial charge in [0.05, 0.1) is 13.0 Å². The minimum atomic E-state index is -2.84. The van der Waals surface area contributed by atoms with Crippen molar-refractivity contribution in [3.05, 3.63) is 29.8 Å². The Kier molecular flexibility index (Phi) is 5.50. The van der Waals surface area contributed by atoms with Crippen LogP contribution in [-0.2, 0) is 16.0 Å². The van der Waals surface area contributed by atoms with E-state index in [1.54, 1.807) is 19.2 Å². The predicted octanol–water partition coefficient (Wildman–Crippen LogP) is 2.37. The Morgan fingerprint density at radius 3 is 2.57 bits per heavy atom. The quantitative estimate of drug-likeness (QED) is 0.841. The first-order valence-corrected chi connectivity index (χ1v) is 6.90. The number of hydrogen-bond donors (Lipinski definition) is 1. The number of methoxy groups -OCH3 is 1. The molecule has 0 aliphatic heterocycles. The summed E-state index contributed by atoms with van der Waals surface area (Å²) in [4.78, 5) is 11.9. The fourth-order valence-corrected chi connectivity index (χ4v) is 2.40. The summed E-state index contributed by atoms with van der Waals surface area (Å²) < 4.78 is 33.4. The molecule has 1 fully saturated rings. The lowest BCUT2D eigenvalue weighted by molar-refractivity contribution is -0.122. The molecular formula is C15H19F2NO3. The van der Waals surface area contributed by atoms with Gasteiger partial charge in [0.2, 0.25) is 5.91 Å². The van der Waals surface area contributed by atoms with Gasteiger partial charge in [0.25, 0.3) is 0 Å². The van der Waals surface area contributed by atoms with Crippen LogP contribution in [0.2, 0.25) is 0 Å². The molecule has 1 amide bonds. The SMILES string of the molecule is COC[C@H]1CC[C@H]1NC(=O)Cc1ccc(OC(F)F)cc1. The summed E-state index contributed by atoms with van der Waals surface area (Å²) in [6.07, 6.45) is 2.27. The van der Waals surface area contributed by atoms with Crippen LogP contribution in [0.15, 0.2) is 24.3 Å². The van der Waals surface area contributed by atoms with Crippen LogP contribution in [-0.4, -0.2) is 32.3 Å². The van der Waals surface area contributed by atoms with Gasteiger partial charge in [-0.15, -0.1) is 0 Å². The molecule has 0 heterocycles. The number of amides is 1. The van der Waals surface area contributed by atoms with Crippen LogP contribution in [0.4, 0.5) is 8.78 Å². The summed E-state index contributed by atoms with van der Waals surface area (Å²) in [7, 11) is 1.65. The van der Waals surface area contributed by atoms with Gasteiger partial charge in [-0.25, -0.2) is 0 Å². The molecule has 2 atom stereocenters. The lowest BCUT2D eigenvalue weighted by Gasteiger charge is -2.36. The molecule has 6 heteroatoms. The highest BCUT2D eigenvalue weighted by molar-refractivity contribution is 5.79. The fraction of sp³-hybridized carbons (Fsp3) is 0.533. The minimum absolute atomic E-state index is 0.0664. The Bertz CT molecular complexity index is 464. The lowest BCUT2D eigenvalue weighted by Crippen LogP contribution is -2.48. The normalized spacial score (nSPS) is 21.0. The van der Waals surface area contributed by atoms with Crippen LogP contribution in [0.25, 0.3) is 0 Å². The summed E-state index contributed by atoms with van der Waals surface area (Å²) in [6.45, 7) is -2.18. The number of ether oxygens (including phenoxy) is 2. The number of hydrogen-bond acceptors (Lipinski definition) is 3. The smallest absolute Gasteiger partial charge is 0.387 e. The summed E-state index contributed by atoms with van der Waals surface area (Å²) in [5.74, 6) is 0.414. The van der Waals surface area contributed by atoms with Gasteiger partial charge in [-0.05, 0) is 30.5 Å². The number of rotatable bonds is 7. The van der Waals surface area contributed by atoms with Crippen molar-refractivity contribution in [2.45, 2.75) is 31.9 Å². The second kappa shape index (κ2) is 7.36. The third-order valence-corrected chi connectivity index (χ3v) is 3.66. The van der Waals surface area contributed by atoms with E-state index in [1.165, 1.54) is 12.1 Å². The van der Waals surface area contributed by atoms with Gasteiger partial charge in [0, 0.05) is 19.1 Å². The maximum absolute atomic E-state index is 12.0. The topological polar surface area (TPSA) is 47.6 Å². The van der Waals surface area contributed by atoms with Gasteiger partial charge in [0.15, 0.2) is 0 Å². The van der Waals surface area contributed by atoms with Crippen molar-refractivity contribution in [2.75, 3.05) is 13.7 Å². The molecule has 4 nitrogen and oxygen atoms in total. The summed E-state index contributed by atoms with van der Waals surface area (Å²) in [6, 6.07) is 6.28. The fourth-order valence-electron chi connectivity index (χ4n) is 2.40. The Balaban J connectivity index is 1.80. The molecule has 2 rings (SSSR count). The molecule has 0 bridgehead atoms. The number of carbonyl (C=O) groups excluding carboxylic acids is 1. The van der Waals surface area contributed by atoms with Crippen molar-refractivity contribution in [3.8, 4) is 5.75 Å². The van der Waals surface area contributed by atoms with Gasteiger partial charge in [-0.1, -0.05) is 12.1 Å². The second-order valence-electron chi connectivity index (χ2n) is 5.17. The minimum Gasteiger partial charge on any atom is -0.435 e.